The molecule has 0 radical (unpaired) electrons. The number of rotatable bonds is 5. The molecule has 6 nitrogen and oxygen atoms in total. The molecule has 0 saturated carbocycles. The van der Waals surface area contributed by atoms with E-state index in [1.165, 1.54) is 13.3 Å². The average molecular weight is 237 g/mol. The number of carbonyl (C=O) groups is 2. The van der Waals surface area contributed by atoms with Crippen molar-refractivity contribution in [2.24, 2.45) is 0 Å². The van der Waals surface area contributed by atoms with Gasteiger partial charge in [0.1, 0.15) is 0 Å². The summed E-state index contributed by atoms with van der Waals surface area (Å²) in [5.41, 5.74) is 0.384. The van der Waals surface area contributed by atoms with E-state index in [4.69, 9.17) is 4.74 Å². The van der Waals surface area contributed by atoms with Crippen LogP contribution in [0.15, 0.2) is 18.3 Å². The van der Waals surface area contributed by atoms with Crippen molar-refractivity contribution < 1.29 is 14.3 Å². The Hall–Kier alpha value is -2.11. The van der Waals surface area contributed by atoms with Crippen LogP contribution >= 0.6 is 0 Å². The highest BCUT2D eigenvalue weighted by Gasteiger charge is 2.07. The van der Waals surface area contributed by atoms with Crippen LogP contribution in [0.3, 0.4) is 0 Å². The number of likely N-dealkylation sites (N-methyl/N-ethyl adjacent to an activating group) is 1. The molecule has 1 aromatic rings. The molecule has 0 aliphatic heterocycles. The fourth-order valence-electron chi connectivity index (χ4n) is 1.16. The molecule has 0 spiro atoms. The van der Waals surface area contributed by atoms with Gasteiger partial charge >= 0.3 is 0 Å². The Morgan fingerprint density at radius 3 is 2.65 bits per heavy atom. The molecule has 1 rings (SSSR count). The third-order valence-electron chi connectivity index (χ3n) is 1.99. The lowest BCUT2D eigenvalue weighted by Gasteiger charge is -2.05. The summed E-state index contributed by atoms with van der Waals surface area (Å²) in [4.78, 5) is 26.6. The molecule has 0 aliphatic rings. The predicted molar refractivity (Wildman–Crippen MR) is 61.8 cm³/mol. The highest BCUT2D eigenvalue weighted by molar-refractivity contribution is 5.96. The molecule has 0 bridgehead atoms. The van der Waals surface area contributed by atoms with Gasteiger partial charge in [-0.25, -0.2) is 4.98 Å². The van der Waals surface area contributed by atoms with E-state index >= 15 is 0 Å². The predicted octanol–water partition coefficient (Wildman–Crippen LogP) is -0.0439. The normalized spacial score (nSPS) is 9.53. The van der Waals surface area contributed by atoms with E-state index in [2.05, 4.69) is 15.6 Å². The summed E-state index contributed by atoms with van der Waals surface area (Å²) in [6, 6.07) is 3.17. The summed E-state index contributed by atoms with van der Waals surface area (Å²) in [6.45, 7) is 2.31. The van der Waals surface area contributed by atoms with Crippen LogP contribution in [0, 0.1) is 0 Å². The van der Waals surface area contributed by atoms with Gasteiger partial charge in [0.15, 0.2) is 0 Å². The molecular formula is C11H15N3O3. The van der Waals surface area contributed by atoms with Gasteiger partial charge in [0.05, 0.1) is 19.2 Å². The van der Waals surface area contributed by atoms with Crippen LogP contribution in [-0.4, -0.2) is 37.0 Å². The summed E-state index contributed by atoms with van der Waals surface area (Å²) in [5, 5.41) is 5.07. The third kappa shape index (κ3) is 4.10. The standard InChI is InChI=1S/C11H15N3O3/c1-3-12-9(15)7-14-11(16)8-4-5-10(17-2)13-6-8/h4-6H,3,7H2,1-2H3,(H,12,15)(H,14,16). The molecule has 1 aromatic heterocycles. The van der Waals surface area contributed by atoms with Gasteiger partial charge in [-0.1, -0.05) is 0 Å². The summed E-state index contributed by atoms with van der Waals surface area (Å²) >= 11 is 0. The molecule has 0 unspecified atom stereocenters. The van der Waals surface area contributed by atoms with Crippen molar-refractivity contribution in [2.75, 3.05) is 20.2 Å². The van der Waals surface area contributed by atoms with Crippen molar-refractivity contribution in [1.29, 1.82) is 0 Å². The Labute approximate surface area is 99.4 Å². The number of ether oxygens (including phenoxy) is 1. The van der Waals surface area contributed by atoms with Gasteiger partial charge in [0, 0.05) is 18.8 Å². The van der Waals surface area contributed by atoms with Crippen molar-refractivity contribution in [2.45, 2.75) is 6.92 Å². The Kier molecular flexibility index (Phi) is 4.93. The maximum Gasteiger partial charge on any atom is 0.253 e. The SMILES string of the molecule is CCNC(=O)CNC(=O)c1ccc(OC)nc1. The molecule has 0 aliphatic carbocycles. The minimum Gasteiger partial charge on any atom is -0.481 e. The lowest BCUT2D eigenvalue weighted by atomic mass is 10.2. The first-order chi connectivity index (χ1) is 8.17. The van der Waals surface area contributed by atoms with Crippen LogP contribution in [0.2, 0.25) is 0 Å². The number of nitrogens with zero attached hydrogens (tertiary/aromatic N) is 1. The number of amides is 2. The first-order valence-electron chi connectivity index (χ1n) is 5.22. The molecule has 17 heavy (non-hydrogen) atoms. The zero-order chi connectivity index (χ0) is 12.7. The van der Waals surface area contributed by atoms with Crippen molar-refractivity contribution in [1.82, 2.24) is 15.6 Å². The Bertz CT molecular complexity index is 389. The van der Waals surface area contributed by atoms with Crippen molar-refractivity contribution in [3.63, 3.8) is 0 Å². The van der Waals surface area contributed by atoms with Crippen LogP contribution < -0.4 is 15.4 Å². The number of methoxy groups -OCH3 is 1. The zero-order valence-corrected chi connectivity index (χ0v) is 9.82. The van der Waals surface area contributed by atoms with Gasteiger partial charge in [0.2, 0.25) is 11.8 Å². The molecule has 2 N–H and O–H groups in total. The second-order valence-corrected chi connectivity index (χ2v) is 3.23. The number of nitrogens with one attached hydrogen (secondary N) is 2. The van der Waals surface area contributed by atoms with E-state index in [1.54, 1.807) is 12.1 Å². The molecule has 0 fully saturated rings. The van der Waals surface area contributed by atoms with Crippen LogP contribution in [-0.2, 0) is 4.79 Å². The van der Waals surface area contributed by atoms with Gasteiger partial charge in [-0.2, -0.15) is 0 Å². The summed E-state index contributed by atoms with van der Waals surface area (Å²) in [7, 11) is 1.50. The van der Waals surface area contributed by atoms with E-state index in [0.717, 1.165) is 0 Å². The topological polar surface area (TPSA) is 80.3 Å². The second-order valence-electron chi connectivity index (χ2n) is 3.23. The number of hydrogen-bond donors (Lipinski definition) is 2. The largest absolute Gasteiger partial charge is 0.481 e. The van der Waals surface area contributed by atoms with Crippen LogP contribution in [0.4, 0.5) is 0 Å². The van der Waals surface area contributed by atoms with E-state index in [1.807, 2.05) is 6.92 Å². The number of pyridine rings is 1. The molecule has 0 aromatic carbocycles. The van der Waals surface area contributed by atoms with Crippen LogP contribution in [0.1, 0.15) is 17.3 Å². The number of hydrogen-bond acceptors (Lipinski definition) is 4. The summed E-state index contributed by atoms with van der Waals surface area (Å²) < 4.78 is 4.87. The Balaban J connectivity index is 2.49. The number of carbonyl (C=O) groups excluding carboxylic acids is 2. The Morgan fingerprint density at radius 1 is 1.35 bits per heavy atom. The van der Waals surface area contributed by atoms with Crippen LogP contribution in [0.5, 0.6) is 5.88 Å². The fourth-order valence-corrected chi connectivity index (χ4v) is 1.16. The van der Waals surface area contributed by atoms with E-state index in [-0.39, 0.29) is 18.4 Å². The van der Waals surface area contributed by atoms with E-state index in [0.29, 0.717) is 18.0 Å². The highest BCUT2D eigenvalue weighted by atomic mass is 16.5. The first kappa shape index (κ1) is 13.0. The van der Waals surface area contributed by atoms with Crippen molar-refractivity contribution >= 4 is 11.8 Å². The lowest BCUT2D eigenvalue weighted by Crippen LogP contribution is -2.36. The molecule has 2 amide bonds. The smallest absolute Gasteiger partial charge is 0.253 e. The minimum atomic E-state index is -0.341. The Morgan fingerprint density at radius 2 is 2.12 bits per heavy atom. The molecule has 0 saturated heterocycles. The monoisotopic (exact) mass is 237 g/mol. The average Bonchev–Trinajstić information content (AvgIpc) is 2.36. The fraction of sp³-hybridized carbons (Fsp3) is 0.364. The van der Waals surface area contributed by atoms with Gasteiger partial charge in [-0.3, -0.25) is 9.59 Å². The number of aromatic nitrogens is 1. The minimum absolute atomic E-state index is 0.0430. The van der Waals surface area contributed by atoms with Gasteiger partial charge in [0.25, 0.3) is 5.91 Å². The van der Waals surface area contributed by atoms with Gasteiger partial charge in [-0.05, 0) is 13.0 Å². The molecule has 1 heterocycles. The van der Waals surface area contributed by atoms with Gasteiger partial charge < -0.3 is 15.4 Å². The van der Waals surface area contributed by atoms with Crippen molar-refractivity contribution in [3.05, 3.63) is 23.9 Å². The molecule has 92 valence electrons. The van der Waals surface area contributed by atoms with Gasteiger partial charge in [-0.15, -0.1) is 0 Å². The quantitative estimate of drug-likeness (QED) is 0.752. The lowest BCUT2D eigenvalue weighted by molar-refractivity contribution is -0.120. The maximum atomic E-state index is 11.6. The summed E-state index contributed by atoms with van der Waals surface area (Å²) in [5.74, 6) is -0.126. The molecule has 6 heteroatoms. The third-order valence-corrected chi connectivity index (χ3v) is 1.99. The highest BCUT2D eigenvalue weighted by Crippen LogP contribution is 2.06. The summed E-state index contributed by atoms with van der Waals surface area (Å²) in [6.07, 6.45) is 1.39. The van der Waals surface area contributed by atoms with E-state index in [9.17, 15) is 9.59 Å². The van der Waals surface area contributed by atoms with E-state index < -0.39 is 0 Å². The molecular weight excluding hydrogens is 222 g/mol. The second kappa shape index (κ2) is 6.47. The first-order valence-corrected chi connectivity index (χ1v) is 5.22. The molecule has 0 atom stereocenters. The van der Waals surface area contributed by atoms with Crippen LogP contribution in [0.25, 0.3) is 0 Å². The van der Waals surface area contributed by atoms with Crippen molar-refractivity contribution in [3.8, 4) is 5.88 Å². The zero-order valence-electron chi connectivity index (χ0n) is 9.82. The maximum absolute atomic E-state index is 11.6.